The lowest BCUT2D eigenvalue weighted by Crippen LogP contribution is -2.54. The highest BCUT2D eigenvalue weighted by atomic mass is 32.2. The molecule has 0 saturated carbocycles. The number of β-amino-alcohol motifs (C(OH)–C–C–N with tert-alkyl or cyclic N) is 1. The molecule has 2 amide bonds. The molecule has 0 radical (unpaired) electrons. The molecule has 3 atom stereocenters. The number of aliphatic hydroxyl groups is 1. The zero-order valence-corrected chi connectivity index (χ0v) is 23.9. The predicted molar refractivity (Wildman–Crippen MR) is 148 cm³/mol. The maximum absolute atomic E-state index is 13.3. The van der Waals surface area contributed by atoms with Gasteiger partial charge < -0.3 is 24.9 Å². The number of aromatic nitrogens is 1. The maximum atomic E-state index is 13.3. The molecule has 3 aromatic rings. The van der Waals surface area contributed by atoms with Crippen LogP contribution >= 0.6 is 0 Å². The number of nitrogens with zero attached hydrogens (tertiary/aromatic N) is 2. The summed E-state index contributed by atoms with van der Waals surface area (Å²) < 4.78 is 38.6. The molecular formula is C28H36N4O7S. The van der Waals surface area contributed by atoms with Crippen molar-refractivity contribution >= 4 is 32.8 Å². The van der Waals surface area contributed by atoms with Gasteiger partial charge in [0.05, 0.1) is 19.3 Å². The van der Waals surface area contributed by atoms with Crippen LogP contribution in [0.15, 0.2) is 52.0 Å². The number of aryl methyl sites for hydroxylation is 1. The summed E-state index contributed by atoms with van der Waals surface area (Å²) in [6, 6.07) is 8.52. The van der Waals surface area contributed by atoms with Gasteiger partial charge in [-0.2, -0.15) is 4.31 Å². The summed E-state index contributed by atoms with van der Waals surface area (Å²) in [5, 5.41) is 17.2. The van der Waals surface area contributed by atoms with Gasteiger partial charge >= 0.3 is 0 Å². The molecule has 216 valence electrons. The normalized spacial score (nSPS) is 19.2. The SMILES string of the molecule is COc1ccc2oc(C(=O)N[C@@H](CC(C)C)C(=O)NC3CCCN(S(=O)(=O)c4ncccc4C)CC3O)cc2c1. The highest BCUT2D eigenvalue weighted by Crippen LogP contribution is 2.25. The molecule has 1 fully saturated rings. The monoisotopic (exact) mass is 572 g/mol. The van der Waals surface area contributed by atoms with E-state index in [0.29, 0.717) is 41.5 Å². The minimum atomic E-state index is -3.92. The topological polar surface area (TPSA) is 151 Å². The molecule has 0 bridgehead atoms. The lowest BCUT2D eigenvalue weighted by molar-refractivity contribution is -0.125. The fraction of sp³-hybridized carbons (Fsp3) is 0.464. The lowest BCUT2D eigenvalue weighted by atomic mass is 10.0. The molecule has 1 aromatic carbocycles. The number of ether oxygens (including phenoxy) is 1. The number of aliphatic hydroxyl groups excluding tert-OH is 1. The number of pyridine rings is 1. The second kappa shape index (κ2) is 12.4. The third-order valence-corrected chi connectivity index (χ3v) is 8.85. The standard InChI is InChI=1S/C28H36N4O7S/c1-17(2)13-22(31-27(35)25-15-19-14-20(38-4)9-10-24(19)39-25)26(34)30-21-8-6-12-32(16-23(21)33)40(36,37)28-18(3)7-5-11-29-28/h5,7,9-11,14-15,17,21-23,33H,6,8,12-13,16H2,1-4H3,(H,30,34)(H,31,35)/t21?,22-,23?/m0/s1. The summed E-state index contributed by atoms with van der Waals surface area (Å²) in [7, 11) is -2.37. The number of benzene rings is 1. The Labute approximate surface area is 234 Å². The van der Waals surface area contributed by atoms with E-state index in [1.807, 2.05) is 13.8 Å². The van der Waals surface area contributed by atoms with Gasteiger partial charge in [0.25, 0.3) is 15.9 Å². The molecule has 1 aliphatic rings. The molecule has 1 aliphatic heterocycles. The number of furan rings is 1. The van der Waals surface area contributed by atoms with Gasteiger partial charge in [0.15, 0.2) is 10.8 Å². The van der Waals surface area contributed by atoms with Crippen LogP contribution in [0.4, 0.5) is 0 Å². The molecule has 12 heteroatoms. The average Bonchev–Trinajstić information content (AvgIpc) is 3.25. The summed E-state index contributed by atoms with van der Waals surface area (Å²) in [5.74, 6) is -0.232. The van der Waals surface area contributed by atoms with Crippen molar-refractivity contribution in [1.29, 1.82) is 0 Å². The Morgan fingerprint density at radius 1 is 1.25 bits per heavy atom. The third kappa shape index (κ3) is 6.62. The maximum Gasteiger partial charge on any atom is 0.287 e. The third-order valence-electron chi connectivity index (χ3n) is 6.93. The van der Waals surface area contributed by atoms with Crippen molar-refractivity contribution in [3.63, 3.8) is 0 Å². The Hall–Kier alpha value is -3.48. The van der Waals surface area contributed by atoms with Crippen molar-refractivity contribution in [2.75, 3.05) is 20.2 Å². The summed E-state index contributed by atoms with van der Waals surface area (Å²) in [4.78, 5) is 30.4. The zero-order valence-electron chi connectivity index (χ0n) is 23.1. The summed E-state index contributed by atoms with van der Waals surface area (Å²) in [6.45, 7) is 5.53. The van der Waals surface area contributed by atoms with Crippen LogP contribution in [0.25, 0.3) is 11.0 Å². The van der Waals surface area contributed by atoms with Crippen LogP contribution in [0, 0.1) is 12.8 Å². The van der Waals surface area contributed by atoms with E-state index in [2.05, 4.69) is 15.6 Å². The predicted octanol–water partition coefficient (Wildman–Crippen LogP) is 2.62. The summed E-state index contributed by atoms with van der Waals surface area (Å²) >= 11 is 0. The van der Waals surface area contributed by atoms with Crippen LogP contribution in [-0.2, 0) is 14.8 Å². The van der Waals surface area contributed by atoms with Crippen LogP contribution < -0.4 is 15.4 Å². The van der Waals surface area contributed by atoms with E-state index in [4.69, 9.17) is 9.15 Å². The van der Waals surface area contributed by atoms with Crippen molar-refractivity contribution < 1.29 is 32.3 Å². The molecule has 4 rings (SSSR count). The number of hydrogen-bond donors (Lipinski definition) is 3. The minimum absolute atomic E-state index is 0.0478. The number of hydrogen-bond acceptors (Lipinski definition) is 8. The van der Waals surface area contributed by atoms with Gasteiger partial charge in [-0.15, -0.1) is 0 Å². The smallest absolute Gasteiger partial charge is 0.287 e. The van der Waals surface area contributed by atoms with Gasteiger partial charge in [0, 0.05) is 24.7 Å². The Bertz CT molecular complexity index is 1470. The second-order valence-electron chi connectivity index (χ2n) is 10.5. The summed E-state index contributed by atoms with van der Waals surface area (Å²) in [6.07, 6.45) is 1.42. The highest BCUT2D eigenvalue weighted by molar-refractivity contribution is 7.89. The van der Waals surface area contributed by atoms with E-state index >= 15 is 0 Å². The molecule has 40 heavy (non-hydrogen) atoms. The Morgan fingerprint density at radius 2 is 2.02 bits per heavy atom. The first-order valence-electron chi connectivity index (χ1n) is 13.3. The molecular weight excluding hydrogens is 536 g/mol. The van der Waals surface area contributed by atoms with E-state index in [1.54, 1.807) is 50.4 Å². The van der Waals surface area contributed by atoms with Gasteiger partial charge in [-0.25, -0.2) is 13.4 Å². The van der Waals surface area contributed by atoms with Gasteiger partial charge in [0.2, 0.25) is 5.91 Å². The zero-order chi connectivity index (χ0) is 29.0. The number of methoxy groups -OCH3 is 1. The van der Waals surface area contributed by atoms with Crippen molar-refractivity contribution in [2.24, 2.45) is 5.92 Å². The largest absolute Gasteiger partial charge is 0.497 e. The first kappa shape index (κ1) is 29.5. The fourth-order valence-electron chi connectivity index (χ4n) is 4.83. The van der Waals surface area contributed by atoms with E-state index in [-0.39, 0.29) is 29.8 Å². The molecule has 2 unspecified atom stereocenters. The fourth-order valence-corrected chi connectivity index (χ4v) is 6.47. The highest BCUT2D eigenvalue weighted by Gasteiger charge is 2.35. The first-order chi connectivity index (χ1) is 19.0. The molecule has 3 heterocycles. The van der Waals surface area contributed by atoms with E-state index < -0.39 is 40.0 Å². The number of carbonyl (C=O) groups is 2. The van der Waals surface area contributed by atoms with Gasteiger partial charge in [0.1, 0.15) is 17.4 Å². The van der Waals surface area contributed by atoms with Gasteiger partial charge in [-0.05, 0) is 68.0 Å². The van der Waals surface area contributed by atoms with E-state index in [0.717, 1.165) is 0 Å². The number of amides is 2. The number of carbonyl (C=O) groups excluding carboxylic acids is 2. The molecule has 2 aromatic heterocycles. The molecule has 0 aliphatic carbocycles. The number of sulfonamides is 1. The molecule has 1 saturated heterocycles. The van der Waals surface area contributed by atoms with Crippen LogP contribution in [-0.4, -0.2) is 73.0 Å². The molecule has 3 N–H and O–H groups in total. The number of fused-ring (bicyclic) bond motifs is 1. The Morgan fingerprint density at radius 3 is 2.73 bits per heavy atom. The average molecular weight is 573 g/mol. The molecule has 0 spiro atoms. The van der Waals surface area contributed by atoms with Crippen LogP contribution in [0.1, 0.15) is 49.2 Å². The Balaban J connectivity index is 1.45. The van der Waals surface area contributed by atoms with Crippen molar-refractivity contribution in [3.8, 4) is 5.75 Å². The van der Waals surface area contributed by atoms with Gasteiger partial charge in [-0.3, -0.25) is 9.59 Å². The first-order valence-corrected chi connectivity index (χ1v) is 14.7. The van der Waals surface area contributed by atoms with Crippen LogP contribution in [0.2, 0.25) is 0 Å². The van der Waals surface area contributed by atoms with Crippen LogP contribution in [0.3, 0.4) is 0 Å². The van der Waals surface area contributed by atoms with Crippen molar-refractivity contribution in [1.82, 2.24) is 19.9 Å². The molecule has 11 nitrogen and oxygen atoms in total. The van der Waals surface area contributed by atoms with Gasteiger partial charge in [-0.1, -0.05) is 19.9 Å². The van der Waals surface area contributed by atoms with E-state index in [1.165, 1.54) is 10.5 Å². The second-order valence-corrected chi connectivity index (χ2v) is 12.3. The quantitative estimate of drug-likeness (QED) is 0.354. The van der Waals surface area contributed by atoms with Crippen molar-refractivity contribution in [2.45, 2.75) is 63.2 Å². The number of nitrogens with one attached hydrogen (secondary N) is 2. The Kier molecular flexibility index (Phi) is 9.12. The van der Waals surface area contributed by atoms with E-state index in [9.17, 15) is 23.1 Å². The van der Waals surface area contributed by atoms with Crippen LogP contribution in [0.5, 0.6) is 5.75 Å². The van der Waals surface area contributed by atoms with Crippen molar-refractivity contribution in [3.05, 3.63) is 53.9 Å². The summed E-state index contributed by atoms with van der Waals surface area (Å²) in [5.41, 5.74) is 1.03. The minimum Gasteiger partial charge on any atom is -0.497 e. The lowest BCUT2D eigenvalue weighted by Gasteiger charge is -2.27. The number of rotatable bonds is 9.